The van der Waals surface area contributed by atoms with E-state index in [0.717, 1.165) is 5.56 Å². The number of nitrogens with one attached hydrogen (secondary N) is 1. The molecule has 7 nitrogen and oxygen atoms in total. The van der Waals surface area contributed by atoms with Crippen molar-refractivity contribution in [1.82, 2.24) is 0 Å². The van der Waals surface area contributed by atoms with Crippen molar-refractivity contribution >= 4 is 23.6 Å². The van der Waals surface area contributed by atoms with Gasteiger partial charge in [-0.25, -0.2) is 4.79 Å². The van der Waals surface area contributed by atoms with Crippen LogP contribution in [-0.4, -0.2) is 31.7 Å². The smallest absolute Gasteiger partial charge is 0.344 e. The fourth-order valence-electron chi connectivity index (χ4n) is 2.58. The van der Waals surface area contributed by atoms with E-state index in [0.29, 0.717) is 29.4 Å². The van der Waals surface area contributed by atoms with Gasteiger partial charge in [-0.2, -0.15) is 5.26 Å². The maximum atomic E-state index is 12.5. The van der Waals surface area contributed by atoms with Gasteiger partial charge in [0.1, 0.15) is 11.6 Å². The van der Waals surface area contributed by atoms with E-state index >= 15 is 0 Å². The molecule has 0 aromatic heterocycles. The van der Waals surface area contributed by atoms with Crippen LogP contribution in [0, 0.1) is 18.3 Å². The van der Waals surface area contributed by atoms with Crippen LogP contribution in [-0.2, 0) is 14.3 Å². The number of esters is 1. The number of amides is 1. The van der Waals surface area contributed by atoms with Gasteiger partial charge in [0.05, 0.1) is 13.2 Å². The number of anilines is 1. The summed E-state index contributed by atoms with van der Waals surface area (Å²) >= 11 is 0. The highest BCUT2D eigenvalue weighted by Gasteiger charge is 2.12. The SMILES string of the molecule is CCOC(=O)COc1ccc(/C=C(/C#N)C(=O)Nc2cccc(C)c2)cc1OCC. The molecule has 0 unspecified atom stereocenters. The largest absolute Gasteiger partial charge is 0.490 e. The molecular weight excluding hydrogens is 384 g/mol. The average molecular weight is 408 g/mol. The molecule has 0 saturated heterocycles. The molecule has 156 valence electrons. The second kappa shape index (κ2) is 11.3. The van der Waals surface area contributed by atoms with Crippen LogP contribution >= 0.6 is 0 Å². The van der Waals surface area contributed by atoms with Crippen LogP contribution in [0.1, 0.15) is 25.0 Å². The van der Waals surface area contributed by atoms with Crippen LogP contribution in [0.25, 0.3) is 6.08 Å². The van der Waals surface area contributed by atoms with Gasteiger partial charge >= 0.3 is 5.97 Å². The molecule has 0 aliphatic carbocycles. The third kappa shape index (κ3) is 6.67. The minimum absolute atomic E-state index is 0.0563. The Morgan fingerprint density at radius 3 is 2.53 bits per heavy atom. The first-order chi connectivity index (χ1) is 14.5. The van der Waals surface area contributed by atoms with Gasteiger partial charge in [-0.1, -0.05) is 18.2 Å². The lowest BCUT2D eigenvalue weighted by molar-refractivity contribution is -0.145. The van der Waals surface area contributed by atoms with Crippen LogP contribution in [0.15, 0.2) is 48.0 Å². The van der Waals surface area contributed by atoms with Crippen molar-refractivity contribution in [2.24, 2.45) is 0 Å². The highest BCUT2D eigenvalue weighted by molar-refractivity contribution is 6.09. The molecule has 0 saturated carbocycles. The van der Waals surface area contributed by atoms with E-state index in [2.05, 4.69) is 5.32 Å². The summed E-state index contributed by atoms with van der Waals surface area (Å²) in [5.41, 5.74) is 2.13. The molecule has 2 aromatic carbocycles. The van der Waals surface area contributed by atoms with Gasteiger partial charge in [0.2, 0.25) is 0 Å². The van der Waals surface area contributed by atoms with Crippen molar-refractivity contribution in [2.75, 3.05) is 25.1 Å². The Balaban J connectivity index is 2.20. The van der Waals surface area contributed by atoms with E-state index in [1.165, 1.54) is 6.08 Å². The van der Waals surface area contributed by atoms with Gasteiger partial charge in [0, 0.05) is 5.69 Å². The fourth-order valence-corrected chi connectivity index (χ4v) is 2.58. The Labute approximate surface area is 175 Å². The van der Waals surface area contributed by atoms with Crippen molar-refractivity contribution in [3.63, 3.8) is 0 Å². The summed E-state index contributed by atoms with van der Waals surface area (Å²) in [6.45, 7) is 5.84. The third-order valence-electron chi connectivity index (χ3n) is 3.87. The second-order valence-corrected chi connectivity index (χ2v) is 6.23. The Bertz CT molecular complexity index is 976. The highest BCUT2D eigenvalue weighted by Crippen LogP contribution is 2.29. The summed E-state index contributed by atoms with van der Waals surface area (Å²) in [7, 11) is 0. The molecule has 0 atom stereocenters. The maximum absolute atomic E-state index is 12.5. The minimum atomic E-state index is -0.510. The summed E-state index contributed by atoms with van der Waals surface area (Å²) in [6.07, 6.45) is 1.46. The van der Waals surface area contributed by atoms with Crippen LogP contribution in [0.5, 0.6) is 11.5 Å². The molecule has 2 rings (SSSR count). The molecule has 1 amide bonds. The molecule has 7 heteroatoms. The summed E-state index contributed by atoms with van der Waals surface area (Å²) in [6, 6.07) is 14.1. The molecule has 1 N–H and O–H groups in total. The minimum Gasteiger partial charge on any atom is -0.490 e. The van der Waals surface area contributed by atoms with Gasteiger partial charge in [-0.05, 0) is 62.2 Å². The lowest BCUT2D eigenvalue weighted by Gasteiger charge is -2.12. The van der Waals surface area contributed by atoms with Gasteiger partial charge < -0.3 is 19.5 Å². The van der Waals surface area contributed by atoms with Crippen LogP contribution in [0.3, 0.4) is 0 Å². The molecular formula is C23H24N2O5. The molecule has 0 aliphatic rings. The number of ether oxygens (including phenoxy) is 3. The Kier molecular flexibility index (Phi) is 8.45. The maximum Gasteiger partial charge on any atom is 0.344 e. The van der Waals surface area contributed by atoms with Crippen molar-refractivity contribution < 1.29 is 23.8 Å². The molecule has 0 aliphatic heterocycles. The third-order valence-corrected chi connectivity index (χ3v) is 3.87. The predicted octanol–water partition coefficient (Wildman–Crippen LogP) is 3.88. The number of carbonyl (C=O) groups excluding carboxylic acids is 2. The monoisotopic (exact) mass is 408 g/mol. The van der Waals surface area contributed by atoms with E-state index < -0.39 is 11.9 Å². The zero-order valence-corrected chi connectivity index (χ0v) is 17.2. The Hall–Kier alpha value is -3.79. The van der Waals surface area contributed by atoms with Crippen LogP contribution in [0.2, 0.25) is 0 Å². The topological polar surface area (TPSA) is 97.7 Å². The number of benzene rings is 2. The number of rotatable bonds is 9. The van der Waals surface area contributed by atoms with Gasteiger partial charge in [-0.3, -0.25) is 4.79 Å². The number of nitriles is 1. The fraction of sp³-hybridized carbons (Fsp3) is 0.261. The first-order valence-corrected chi connectivity index (χ1v) is 9.51. The molecule has 30 heavy (non-hydrogen) atoms. The van der Waals surface area contributed by atoms with E-state index in [4.69, 9.17) is 14.2 Å². The van der Waals surface area contributed by atoms with Gasteiger partial charge in [-0.15, -0.1) is 0 Å². The Morgan fingerprint density at radius 1 is 1.07 bits per heavy atom. The number of hydrogen-bond acceptors (Lipinski definition) is 6. The quantitative estimate of drug-likeness (QED) is 0.384. The van der Waals surface area contributed by atoms with Crippen molar-refractivity contribution in [2.45, 2.75) is 20.8 Å². The van der Waals surface area contributed by atoms with Crippen molar-refractivity contribution in [1.29, 1.82) is 5.26 Å². The zero-order valence-electron chi connectivity index (χ0n) is 17.2. The van der Waals surface area contributed by atoms with E-state index in [9.17, 15) is 14.9 Å². The van der Waals surface area contributed by atoms with E-state index in [1.54, 1.807) is 31.2 Å². The Morgan fingerprint density at radius 2 is 1.87 bits per heavy atom. The number of aryl methyl sites for hydroxylation is 1. The molecule has 0 fully saturated rings. The summed E-state index contributed by atoms with van der Waals surface area (Å²) in [5.74, 6) is -0.232. The number of hydrogen-bond donors (Lipinski definition) is 1. The lowest BCUT2D eigenvalue weighted by atomic mass is 10.1. The number of carbonyl (C=O) groups is 2. The second-order valence-electron chi connectivity index (χ2n) is 6.23. The van der Waals surface area contributed by atoms with E-state index in [1.807, 2.05) is 38.1 Å². The van der Waals surface area contributed by atoms with Gasteiger partial charge in [0.15, 0.2) is 18.1 Å². The molecule has 0 radical (unpaired) electrons. The lowest BCUT2D eigenvalue weighted by Crippen LogP contribution is -2.15. The van der Waals surface area contributed by atoms with Gasteiger partial charge in [0.25, 0.3) is 5.91 Å². The van der Waals surface area contributed by atoms with E-state index in [-0.39, 0.29) is 18.8 Å². The van der Waals surface area contributed by atoms with Crippen molar-refractivity contribution in [3.8, 4) is 17.6 Å². The normalized spacial score (nSPS) is 10.7. The first kappa shape index (κ1) is 22.5. The average Bonchev–Trinajstić information content (AvgIpc) is 2.71. The van der Waals surface area contributed by atoms with Crippen LogP contribution < -0.4 is 14.8 Å². The molecule has 0 spiro atoms. The summed E-state index contributed by atoms with van der Waals surface area (Å²) < 4.78 is 15.9. The standard InChI is InChI=1S/C23H24N2O5/c1-4-28-21-13-17(9-10-20(21)30-15-22(26)29-5-2)12-18(14-24)23(27)25-19-8-6-7-16(3)11-19/h6-13H,4-5,15H2,1-3H3,(H,25,27)/b18-12-. The molecule has 0 bridgehead atoms. The van der Waals surface area contributed by atoms with Crippen molar-refractivity contribution in [3.05, 3.63) is 59.2 Å². The van der Waals surface area contributed by atoms with Crippen LogP contribution in [0.4, 0.5) is 5.69 Å². The molecule has 2 aromatic rings. The zero-order chi connectivity index (χ0) is 21.9. The summed E-state index contributed by atoms with van der Waals surface area (Å²) in [5, 5.41) is 12.1. The summed E-state index contributed by atoms with van der Waals surface area (Å²) in [4.78, 5) is 24.0. The first-order valence-electron chi connectivity index (χ1n) is 9.51. The highest BCUT2D eigenvalue weighted by atomic mass is 16.6. The molecule has 0 heterocycles. The number of nitrogens with zero attached hydrogens (tertiary/aromatic N) is 1. The predicted molar refractivity (Wildman–Crippen MR) is 113 cm³/mol.